The second-order valence-electron chi connectivity index (χ2n) is 6.58. The monoisotopic (exact) mass is 457 g/mol. The van der Waals surface area contributed by atoms with Crippen LogP contribution < -0.4 is 5.32 Å². The summed E-state index contributed by atoms with van der Waals surface area (Å²) >= 11 is 6.94. The van der Waals surface area contributed by atoms with Gasteiger partial charge in [0.1, 0.15) is 12.6 Å². The molecule has 1 atom stereocenters. The van der Waals surface area contributed by atoms with E-state index in [1.54, 1.807) is 12.1 Å². The van der Waals surface area contributed by atoms with E-state index in [2.05, 4.69) is 5.32 Å². The molecular formula is C23H20ClNO5S. The number of rotatable bonds is 9. The highest BCUT2D eigenvalue weighted by atomic mass is 35.5. The molecule has 6 nitrogen and oxygen atoms in total. The molecule has 0 aliphatic rings. The SMILES string of the molecule is O=C(N[C@@H](Cc1ccccc1)C(=O)OCC(=O)c1ccc(Cl)s1)OCc1ccccc1. The number of esters is 1. The summed E-state index contributed by atoms with van der Waals surface area (Å²) in [5, 5.41) is 2.54. The van der Waals surface area contributed by atoms with Gasteiger partial charge in [-0.3, -0.25) is 4.79 Å². The van der Waals surface area contributed by atoms with Gasteiger partial charge in [0.15, 0.2) is 6.61 Å². The molecule has 1 aromatic heterocycles. The average molecular weight is 458 g/mol. The molecule has 1 heterocycles. The molecule has 3 aromatic rings. The number of ether oxygens (including phenoxy) is 2. The highest BCUT2D eigenvalue weighted by molar-refractivity contribution is 7.18. The number of alkyl carbamates (subject to hydrolysis) is 1. The minimum absolute atomic E-state index is 0.0669. The molecule has 0 bridgehead atoms. The highest BCUT2D eigenvalue weighted by Gasteiger charge is 2.25. The number of nitrogens with one attached hydrogen (secondary N) is 1. The molecule has 3 rings (SSSR count). The van der Waals surface area contributed by atoms with Crippen LogP contribution in [0.1, 0.15) is 20.8 Å². The fourth-order valence-corrected chi connectivity index (χ4v) is 3.69. The maximum absolute atomic E-state index is 12.6. The number of carbonyl (C=O) groups is 3. The van der Waals surface area contributed by atoms with E-state index in [1.165, 1.54) is 0 Å². The third-order valence-electron chi connectivity index (χ3n) is 4.27. The molecule has 0 unspecified atom stereocenters. The lowest BCUT2D eigenvalue weighted by Gasteiger charge is -2.17. The molecule has 31 heavy (non-hydrogen) atoms. The Morgan fingerprint density at radius 3 is 2.13 bits per heavy atom. The molecule has 160 valence electrons. The van der Waals surface area contributed by atoms with Gasteiger partial charge in [-0.15, -0.1) is 11.3 Å². The van der Waals surface area contributed by atoms with Crippen LogP contribution in [0.4, 0.5) is 4.79 Å². The predicted molar refractivity (Wildman–Crippen MR) is 118 cm³/mol. The Morgan fingerprint density at radius 2 is 1.52 bits per heavy atom. The van der Waals surface area contributed by atoms with Gasteiger partial charge >= 0.3 is 12.1 Å². The molecule has 0 fully saturated rings. The first-order chi connectivity index (χ1) is 15.0. The summed E-state index contributed by atoms with van der Waals surface area (Å²) in [7, 11) is 0. The van der Waals surface area contributed by atoms with Crippen molar-refractivity contribution in [3.8, 4) is 0 Å². The normalized spacial score (nSPS) is 11.4. The lowest BCUT2D eigenvalue weighted by atomic mass is 10.1. The summed E-state index contributed by atoms with van der Waals surface area (Å²) in [5.74, 6) is -1.09. The maximum Gasteiger partial charge on any atom is 0.408 e. The van der Waals surface area contributed by atoms with E-state index >= 15 is 0 Å². The van der Waals surface area contributed by atoms with Gasteiger partial charge in [-0.2, -0.15) is 0 Å². The van der Waals surface area contributed by atoms with Gasteiger partial charge in [0, 0.05) is 6.42 Å². The van der Waals surface area contributed by atoms with E-state index in [0.29, 0.717) is 9.21 Å². The lowest BCUT2D eigenvalue weighted by molar-refractivity contribution is -0.144. The Balaban J connectivity index is 1.60. The molecule has 1 N–H and O–H groups in total. The van der Waals surface area contributed by atoms with E-state index in [9.17, 15) is 14.4 Å². The third kappa shape index (κ3) is 7.24. The largest absolute Gasteiger partial charge is 0.456 e. The first-order valence-electron chi connectivity index (χ1n) is 9.47. The van der Waals surface area contributed by atoms with E-state index in [0.717, 1.165) is 22.5 Å². The van der Waals surface area contributed by atoms with E-state index in [1.807, 2.05) is 60.7 Å². The van der Waals surface area contributed by atoms with Crippen molar-refractivity contribution in [3.63, 3.8) is 0 Å². The third-order valence-corrected chi connectivity index (χ3v) is 5.54. The Hall–Kier alpha value is -3.16. The van der Waals surface area contributed by atoms with E-state index in [4.69, 9.17) is 21.1 Å². The minimum Gasteiger partial charge on any atom is -0.456 e. The zero-order chi connectivity index (χ0) is 22.1. The lowest BCUT2D eigenvalue weighted by Crippen LogP contribution is -2.44. The van der Waals surface area contributed by atoms with Gasteiger partial charge < -0.3 is 14.8 Å². The quantitative estimate of drug-likeness (QED) is 0.373. The van der Waals surface area contributed by atoms with Crippen molar-refractivity contribution in [2.45, 2.75) is 19.1 Å². The second kappa shape index (κ2) is 11.3. The molecule has 8 heteroatoms. The predicted octanol–water partition coefficient (Wildman–Crippen LogP) is 4.67. The standard InChI is InChI=1S/C23H20ClNO5S/c24-21-12-11-20(31-21)19(26)15-29-22(27)18(13-16-7-3-1-4-8-16)25-23(28)30-14-17-9-5-2-6-10-17/h1-12,18H,13-15H2,(H,25,28)/t18-/m0/s1. The second-order valence-corrected chi connectivity index (χ2v) is 8.30. The summed E-state index contributed by atoms with van der Waals surface area (Å²) in [6.45, 7) is -0.376. The highest BCUT2D eigenvalue weighted by Crippen LogP contribution is 2.21. The number of halogens is 1. The van der Waals surface area contributed by atoms with Crippen LogP contribution in [0.2, 0.25) is 4.34 Å². The van der Waals surface area contributed by atoms with Crippen LogP contribution in [0.3, 0.4) is 0 Å². The van der Waals surface area contributed by atoms with Crippen molar-refractivity contribution in [1.82, 2.24) is 5.32 Å². The summed E-state index contributed by atoms with van der Waals surface area (Å²) < 4.78 is 10.8. The summed E-state index contributed by atoms with van der Waals surface area (Å²) in [4.78, 5) is 37.5. The molecule has 0 saturated heterocycles. The number of thiophene rings is 1. The van der Waals surface area contributed by atoms with Crippen molar-refractivity contribution in [2.24, 2.45) is 0 Å². The fourth-order valence-electron chi connectivity index (χ4n) is 2.72. The summed E-state index contributed by atoms with van der Waals surface area (Å²) in [5.41, 5.74) is 1.64. The van der Waals surface area contributed by atoms with Crippen molar-refractivity contribution in [2.75, 3.05) is 6.61 Å². The Labute approximate surface area is 188 Å². The smallest absolute Gasteiger partial charge is 0.408 e. The van der Waals surface area contributed by atoms with Crippen molar-refractivity contribution < 1.29 is 23.9 Å². The molecule has 1 amide bonds. The van der Waals surface area contributed by atoms with Gasteiger partial charge in [0.2, 0.25) is 5.78 Å². The topological polar surface area (TPSA) is 81.7 Å². The molecule has 2 aromatic carbocycles. The average Bonchev–Trinajstić information content (AvgIpc) is 3.23. The Morgan fingerprint density at radius 1 is 0.871 bits per heavy atom. The molecule has 0 aliphatic carbocycles. The van der Waals surface area contributed by atoms with Crippen molar-refractivity contribution in [3.05, 3.63) is 93.1 Å². The number of Topliss-reactive ketones (excluding diaryl/α,β-unsaturated/α-hetero) is 1. The van der Waals surface area contributed by atoms with E-state index in [-0.39, 0.29) is 18.8 Å². The number of ketones is 1. The minimum atomic E-state index is -1.01. The van der Waals surface area contributed by atoms with Crippen LogP contribution in [-0.2, 0) is 27.3 Å². The number of carbonyl (C=O) groups excluding carboxylic acids is 3. The summed E-state index contributed by atoms with van der Waals surface area (Å²) in [6, 6.07) is 20.5. The zero-order valence-corrected chi connectivity index (χ0v) is 18.0. The molecule has 0 radical (unpaired) electrons. The first-order valence-corrected chi connectivity index (χ1v) is 10.7. The van der Waals surface area contributed by atoms with Crippen molar-refractivity contribution >= 4 is 40.8 Å². The van der Waals surface area contributed by atoms with Gasteiger partial charge in [-0.25, -0.2) is 9.59 Å². The fraction of sp³-hybridized carbons (Fsp3) is 0.174. The van der Waals surface area contributed by atoms with Crippen LogP contribution >= 0.6 is 22.9 Å². The number of benzene rings is 2. The summed E-state index contributed by atoms with van der Waals surface area (Å²) in [6.07, 6.45) is -0.558. The van der Waals surface area contributed by atoms with Gasteiger partial charge in [0.25, 0.3) is 0 Å². The van der Waals surface area contributed by atoms with Crippen LogP contribution in [0.5, 0.6) is 0 Å². The maximum atomic E-state index is 12.6. The van der Waals surface area contributed by atoms with Gasteiger partial charge in [0.05, 0.1) is 9.21 Å². The molecule has 0 aliphatic heterocycles. The molecule has 0 saturated carbocycles. The molecule has 0 spiro atoms. The van der Waals surface area contributed by atoms with E-state index < -0.39 is 24.7 Å². The van der Waals surface area contributed by atoms with Crippen molar-refractivity contribution in [1.29, 1.82) is 0 Å². The van der Waals surface area contributed by atoms with Crippen LogP contribution in [-0.4, -0.2) is 30.5 Å². The number of amides is 1. The van der Waals surface area contributed by atoms with Crippen LogP contribution in [0, 0.1) is 0 Å². The van der Waals surface area contributed by atoms with Gasteiger partial charge in [-0.1, -0.05) is 72.3 Å². The van der Waals surface area contributed by atoms with Crippen LogP contribution in [0.25, 0.3) is 0 Å². The van der Waals surface area contributed by atoms with Gasteiger partial charge in [-0.05, 0) is 23.3 Å². The Bertz CT molecular complexity index is 1020. The zero-order valence-electron chi connectivity index (χ0n) is 16.5. The Kier molecular flexibility index (Phi) is 8.20. The number of hydrogen-bond donors (Lipinski definition) is 1. The van der Waals surface area contributed by atoms with Crippen LogP contribution in [0.15, 0.2) is 72.8 Å². The first kappa shape index (κ1) is 22.5. The molecular weight excluding hydrogens is 438 g/mol. The number of hydrogen-bond acceptors (Lipinski definition) is 6.